The van der Waals surface area contributed by atoms with Crippen LogP contribution in [-0.4, -0.2) is 46.9 Å². The molecule has 0 spiro atoms. The lowest BCUT2D eigenvalue weighted by Gasteiger charge is -2.33. The summed E-state index contributed by atoms with van der Waals surface area (Å²) in [5.74, 6) is 0.172. The van der Waals surface area contributed by atoms with Crippen LogP contribution in [0.3, 0.4) is 0 Å². The van der Waals surface area contributed by atoms with E-state index >= 15 is 0 Å². The second-order valence-electron chi connectivity index (χ2n) is 4.23. The van der Waals surface area contributed by atoms with E-state index in [-0.39, 0.29) is 5.91 Å². The van der Waals surface area contributed by atoms with Gasteiger partial charge < -0.3 is 4.90 Å². The van der Waals surface area contributed by atoms with Crippen molar-refractivity contribution >= 4 is 21.8 Å². The van der Waals surface area contributed by atoms with E-state index in [2.05, 4.69) is 25.8 Å². The SMILES string of the molecule is CC(=O)N1CCN(Cc2cccc(Br)n2)CC1. The molecule has 1 saturated heterocycles. The fourth-order valence-electron chi connectivity index (χ4n) is 1.99. The molecule has 0 N–H and O–H groups in total. The highest BCUT2D eigenvalue weighted by Gasteiger charge is 2.18. The van der Waals surface area contributed by atoms with E-state index in [1.807, 2.05) is 23.1 Å². The maximum Gasteiger partial charge on any atom is 0.219 e. The fraction of sp³-hybridized carbons (Fsp3) is 0.500. The molecular weight excluding hydrogens is 282 g/mol. The largest absolute Gasteiger partial charge is 0.340 e. The molecule has 1 aliphatic rings. The lowest BCUT2D eigenvalue weighted by atomic mass is 10.2. The van der Waals surface area contributed by atoms with Crippen molar-refractivity contribution in [3.63, 3.8) is 0 Å². The van der Waals surface area contributed by atoms with Crippen LogP contribution in [-0.2, 0) is 11.3 Å². The number of piperazine rings is 1. The van der Waals surface area contributed by atoms with Crippen molar-refractivity contribution in [3.05, 3.63) is 28.5 Å². The van der Waals surface area contributed by atoms with E-state index in [0.717, 1.165) is 43.0 Å². The highest BCUT2D eigenvalue weighted by atomic mass is 79.9. The summed E-state index contributed by atoms with van der Waals surface area (Å²) in [7, 11) is 0. The molecule has 0 bridgehead atoms. The number of pyridine rings is 1. The molecule has 1 fully saturated rings. The van der Waals surface area contributed by atoms with Gasteiger partial charge in [-0.2, -0.15) is 0 Å². The van der Waals surface area contributed by atoms with Gasteiger partial charge in [0.15, 0.2) is 0 Å². The van der Waals surface area contributed by atoms with Crippen molar-refractivity contribution in [2.24, 2.45) is 0 Å². The van der Waals surface area contributed by atoms with E-state index in [0.29, 0.717) is 0 Å². The summed E-state index contributed by atoms with van der Waals surface area (Å²) in [6.07, 6.45) is 0. The minimum absolute atomic E-state index is 0.172. The molecule has 1 aromatic heterocycles. The van der Waals surface area contributed by atoms with Crippen molar-refractivity contribution in [1.82, 2.24) is 14.8 Å². The standard InChI is InChI=1S/C12H16BrN3O/c1-10(17)16-7-5-15(6-8-16)9-11-3-2-4-12(13)14-11/h2-4H,5-9H2,1H3. The third-order valence-corrected chi connectivity index (χ3v) is 3.42. The van der Waals surface area contributed by atoms with Gasteiger partial charge in [-0.1, -0.05) is 6.07 Å². The molecule has 0 saturated carbocycles. The average Bonchev–Trinajstić information content (AvgIpc) is 2.29. The highest BCUT2D eigenvalue weighted by Crippen LogP contribution is 2.10. The van der Waals surface area contributed by atoms with Gasteiger partial charge in [-0.25, -0.2) is 4.98 Å². The predicted molar refractivity (Wildman–Crippen MR) is 69.5 cm³/mol. The number of aromatic nitrogens is 1. The first-order valence-electron chi connectivity index (χ1n) is 5.74. The average molecular weight is 298 g/mol. The second kappa shape index (κ2) is 5.60. The molecule has 2 rings (SSSR count). The Morgan fingerprint density at radius 3 is 2.65 bits per heavy atom. The third-order valence-electron chi connectivity index (χ3n) is 2.98. The summed E-state index contributed by atoms with van der Waals surface area (Å²) >= 11 is 3.37. The third kappa shape index (κ3) is 3.51. The zero-order valence-corrected chi connectivity index (χ0v) is 11.5. The van der Waals surface area contributed by atoms with Crippen LogP contribution in [0, 0.1) is 0 Å². The minimum atomic E-state index is 0.172. The number of nitrogens with zero attached hydrogens (tertiary/aromatic N) is 3. The van der Waals surface area contributed by atoms with Crippen molar-refractivity contribution in [2.75, 3.05) is 26.2 Å². The number of halogens is 1. The summed E-state index contributed by atoms with van der Waals surface area (Å²) in [5, 5.41) is 0. The first kappa shape index (κ1) is 12.5. The summed E-state index contributed by atoms with van der Waals surface area (Å²) in [6.45, 7) is 5.98. The van der Waals surface area contributed by atoms with E-state index in [1.165, 1.54) is 0 Å². The zero-order valence-electron chi connectivity index (χ0n) is 9.90. The lowest BCUT2D eigenvalue weighted by Crippen LogP contribution is -2.47. The normalized spacial score (nSPS) is 17.2. The van der Waals surface area contributed by atoms with Crippen LogP contribution in [0.2, 0.25) is 0 Å². The van der Waals surface area contributed by atoms with Crippen LogP contribution in [0.5, 0.6) is 0 Å². The van der Waals surface area contributed by atoms with Crippen molar-refractivity contribution in [1.29, 1.82) is 0 Å². The molecule has 2 heterocycles. The van der Waals surface area contributed by atoms with Gasteiger partial charge in [-0.3, -0.25) is 9.69 Å². The van der Waals surface area contributed by atoms with Gasteiger partial charge in [0.2, 0.25) is 5.91 Å². The molecule has 92 valence electrons. The molecule has 17 heavy (non-hydrogen) atoms. The quantitative estimate of drug-likeness (QED) is 0.777. The summed E-state index contributed by atoms with van der Waals surface area (Å²) in [5.41, 5.74) is 1.07. The van der Waals surface area contributed by atoms with Crippen LogP contribution in [0.25, 0.3) is 0 Å². The van der Waals surface area contributed by atoms with Gasteiger partial charge in [-0.05, 0) is 28.1 Å². The molecule has 0 aromatic carbocycles. The van der Waals surface area contributed by atoms with Gasteiger partial charge in [-0.15, -0.1) is 0 Å². The first-order chi connectivity index (χ1) is 8.15. The number of rotatable bonds is 2. The molecule has 0 atom stereocenters. The molecule has 5 heteroatoms. The molecule has 0 aliphatic carbocycles. The lowest BCUT2D eigenvalue weighted by molar-refractivity contribution is -0.130. The number of hydrogen-bond donors (Lipinski definition) is 0. The Kier molecular flexibility index (Phi) is 4.12. The van der Waals surface area contributed by atoms with E-state index in [9.17, 15) is 4.79 Å². The number of carbonyl (C=O) groups excluding carboxylic acids is 1. The van der Waals surface area contributed by atoms with Crippen molar-refractivity contribution in [2.45, 2.75) is 13.5 Å². The van der Waals surface area contributed by atoms with Crippen LogP contribution in [0.4, 0.5) is 0 Å². The topological polar surface area (TPSA) is 36.4 Å². The van der Waals surface area contributed by atoms with Gasteiger partial charge in [0.25, 0.3) is 0 Å². The Labute approximate surface area is 110 Å². The molecular formula is C12H16BrN3O. The first-order valence-corrected chi connectivity index (χ1v) is 6.54. The minimum Gasteiger partial charge on any atom is -0.340 e. The van der Waals surface area contributed by atoms with Crippen LogP contribution < -0.4 is 0 Å². The molecule has 1 aromatic rings. The molecule has 4 nitrogen and oxygen atoms in total. The Morgan fingerprint density at radius 1 is 1.35 bits per heavy atom. The van der Waals surface area contributed by atoms with Gasteiger partial charge in [0, 0.05) is 39.6 Å². The summed E-state index contributed by atoms with van der Waals surface area (Å²) in [4.78, 5) is 19.8. The summed E-state index contributed by atoms with van der Waals surface area (Å²) in [6, 6.07) is 5.96. The fourth-order valence-corrected chi connectivity index (χ4v) is 2.37. The number of amides is 1. The maximum atomic E-state index is 11.2. The summed E-state index contributed by atoms with van der Waals surface area (Å²) < 4.78 is 0.873. The predicted octanol–water partition coefficient (Wildman–Crippen LogP) is 1.51. The monoisotopic (exact) mass is 297 g/mol. The van der Waals surface area contributed by atoms with Crippen molar-refractivity contribution in [3.8, 4) is 0 Å². The van der Waals surface area contributed by atoms with Gasteiger partial charge >= 0.3 is 0 Å². The van der Waals surface area contributed by atoms with Crippen LogP contribution in [0.15, 0.2) is 22.8 Å². The van der Waals surface area contributed by atoms with Gasteiger partial charge in [0.1, 0.15) is 4.60 Å². The van der Waals surface area contributed by atoms with Crippen molar-refractivity contribution < 1.29 is 4.79 Å². The maximum absolute atomic E-state index is 11.2. The molecule has 1 amide bonds. The zero-order chi connectivity index (χ0) is 12.3. The van der Waals surface area contributed by atoms with Gasteiger partial charge in [0.05, 0.1) is 5.69 Å². The number of hydrogen-bond acceptors (Lipinski definition) is 3. The molecule has 0 radical (unpaired) electrons. The van der Waals surface area contributed by atoms with E-state index in [1.54, 1.807) is 6.92 Å². The smallest absolute Gasteiger partial charge is 0.219 e. The Bertz CT molecular complexity index is 402. The number of carbonyl (C=O) groups is 1. The second-order valence-corrected chi connectivity index (χ2v) is 5.05. The molecule has 0 unspecified atom stereocenters. The van der Waals surface area contributed by atoms with Crippen LogP contribution in [0.1, 0.15) is 12.6 Å². The Balaban J connectivity index is 1.88. The van der Waals surface area contributed by atoms with Crippen LogP contribution >= 0.6 is 15.9 Å². The molecule has 1 aliphatic heterocycles. The Morgan fingerprint density at radius 2 is 2.06 bits per heavy atom. The highest BCUT2D eigenvalue weighted by molar-refractivity contribution is 9.10. The van der Waals surface area contributed by atoms with E-state index < -0.39 is 0 Å². The van der Waals surface area contributed by atoms with E-state index in [4.69, 9.17) is 0 Å². The Hall–Kier alpha value is -0.940.